The number of allylic oxidation sites excluding steroid dienone is 2. The molecule has 1 heteroatoms. The van der Waals surface area contributed by atoms with Crippen molar-refractivity contribution in [1.29, 1.82) is 0 Å². The predicted octanol–water partition coefficient (Wildman–Crippen LogP) is 4.23. The maximum Gasteiger partial charge on any atom is 0.0728 e. The van der Waals surface area contributed by atoms with Crippen molar-refractivity contribution in [2.24, 2.45) is 5.41 Å². The molecule has 0 aromatic heterocycles. The van der Waals surface area contributed by atoms with Crippen LogP contribution in [-0.2, 0) is 0 Å². The minimum absolute atomic E-state index is 0.216. The molecule has 1 unspecified atom stereocenters. The van der Waals surface area contributed by atoms with Crippen molar-refractivity contribution in [3.05, 3.63) is 24.3 Å². The molecule has 0 saturated heterocycles. The number of aliphatic hydroxyl groups is 1. The molecule has 0 aliphatic heterocycles. The van der Waals surface area contributed by atoms with Crippen molar-refractivity contribution in [2.45, 2.75) is 64.9 Å². The zero-order valence-corrected chi connectivity index (χ0v) is 10.8. The van der Waals surface area contributed by atoms with Gasteiger partial charge in [-0.3, -0.25) is 0 Å². The van der Waals surface area contributed by atoms with E-state index in [2.05, 4.69) is 26.5 Å². The SMILES string of the molecule is C=CCCCCCC1=CC(O)CC(C)(C)C1. The fraction of sp³-hybridized carbons (Fsp3) is 0.733. The molecule has 0 aromatic rings. The Bertz CT molecular complexity index is 250. The molecule has 1 atom stereocenters. The van der Waals surface area contributed by atoms with E-state index < -0.39 is 0 Å². The van der Waals surface area contributed by atoms with Crippen LogP contribution in [0.4, 0.5) is 0 Å². The highest BCUT2D eigenvalue weighted by atomic mass is 16.3. The van der Waals surface area contributed by atoms with Crippen molar-refractivity contribution >= 4 is 0 Å². The second-order valence-corrected chi connectivity index (χ2v) is 5.83. The molecular formula is C15H26O. The lowest BCUT2D eigenvalue weighted by atomic mass is 9.75. The van der Waals surface area contributed by atoms with Crippen LogP contribution in [0.3, 0.4) is 0 Å². The third-order valence-electron chi connectivity index (χ3n) is 3.30. The molecule has 0 heterocycles. The first-order valence-corrected chi connectivity index (χ1v) is 6.52. The number of rotatable bonds is 6. The highest BCUT2D eigenvalue weighted by Crippen LogP contribution is 2.37. The van der Waals surface area contributed by atoms with E-state index in [0.29, 0.717) is 0 Å². The van der Waals surface area contributed by atoms with E-state index in [4.69, 9.17) is 0 Å². The standard InChI is InChI=1S/C15H26O/c1-4-5-6-7-8-9-13-10-14(16)12-15(2,3)11-13/h4,10,14,16H,1,5-9,11-12H2,2-3H3. The van der Waals surface area contributed by atoms with Gasteiger partial charge in [-0.05, 0) is 43.9 Å². The second-order valence-electron chi connectivity index (χ2n) is 5.83. The van der Waals surface area contributed by atoms with E-state index in [1.54, 1.807) is 0 Å². The van der Waals surface area contributed by atoms with Crippen LogP contribution in [0.1, 0.15) is 58.8 Å². The van der Waals surface area contributed by atoms with Crippen molar-refractivity contribution in [2.75, 3.05) is 0 Å². The second kappa shape index (κ2) is 6.24. The van der Waals surface area contributed by atoms with Crippen molar-refractivity contribution in [1.82, 2.24) is 0 Å². The molecule has 0 bridgehead atoms. The molecule has 1 rings (SSSR count). The fourth-order valence-electron chi connectivity index (χ4n) is 2.63. The quantitative estimate of drug-likeness (QED) is 0.526. The summed E-state index contributed by atoms with van der Waals surface area (Å²) in [7, 11) is 0. The Labute approximate surface area is 100 Å². The van der Waals surface area contributed by atoms with Gasteiger partial charge in [0.2, 0.25) is 0 Å². The minimum atomic E-state index is -0.216. The number of hydrogen-bond donors (Lipinski definition) is 1. The molecule has 0 aromatic carbocycles. The highest BCUT2D eigenvalue weighted by Gasteiger charge is 2.26. The van der Waals surface area contributed by atoms with Crippen molar-refractivity contribution < 1.29 is 5.11 Å². The lowest BCUT2D eigenvalue weighted by molar-refractivity contribution is 0.137. The van der Waals surface area contributed by atoms with Crippen LogP contribution < -0.4 is 0 Å². The summed E-state index contributed by atoms with van der Waals surface area (Å²) in [5.74, 6) is 0. The van der Waals surface area contributed by atoms with Gasteiger partial charge in [0.25, 0.3) is 0 Å². The maximum atomic E-state index is 9.77. The van der Waals surface area contributed by atoms with Crippen LogP contribution in [0.5, 0.6) is 0 Å². The van der Waals surface area contributed by atoms with E-state index in [1.807, 2.05) is 6.08 Å². The van der Waals surface area contributed by atoms with Gasteiger partial charge in [-0.1, -0.05) is 38.0 Å². The Morgan fingerprint density at radius 1 is 1.44 bits per heavy atom. The summed E-state index contributed by atoms with van der Waals surface area (Å²) in [6.07, 6.45) is 12.0. The fourth-order valence-corrected chi connectivity index (χ4v) is 2.63. The molecule has 92 valence electrons. The Morgan fingerprint density at radius 2 is 2.19 bits per heavy atom. The van der Waals surface area contributed by atoms with Crippen molar-refractivity contribution in [3.63, 3.8) is 0 Å². The normalized spacial score (nSPS) is 23.9. The smallest absolute Gasteiger partial charge is 0.0728 e. The highest BCUT2D eigenvalue weighted by molar-refractivity contribution is 5.12. The van der Waals surface area contributed by atoms with Crippen molar-refractivity contribution in [3.8, 4) is 0 Å². The van der Waals surface area contributed by atoms with Gasteiger partial charge < -0.3 is 5.11 Å². The third kappa shape index (κ3) is 4.98. The molecule has 1 aliphatic carbocycles. The van der Waals surface area contributed by atoms with Crippen LogP contribution in [-0.4, -0.2) is 11.2 Å². The first-order chi connectivity index (χ1) is 7.53. The van der Waals surface area contributed by atoms with Crippen LogP contribution >= 0.6 is 0 Å². The summed E-state index contributed by atoms with van der Waals surface area (Å²) in [4.78, 5) is 0. The Hall–Kier alpha value is -0.560. The van der Waals surface area contributed by atoms with E-state index in [9.17, 15) is 5.11 Å². The molecule has 1 nitrogen and oxygen atoms in total. The lowest BCUT2D eigenvalue weighted by Gasteiger charge is -2.32. The number of hydrogen-bond acceptors (Lipinski definition) is 1. The Balaban J connectivity index is 2.28. The average Bonchev–Trinajstić information content (AvgIpc) is 2.14. The molecule has 1 aliphatic rings. The summed E-state index contributed by atoms with van der Waals surface area (Å²) in [5, 5.41) is 9.77. The zero-order chi connectivity index (χ0) is 12.0. The van der Waals surface area contributed by atoms with Gasteiger partial charge in [-0.25, -0.2) is 0 Å². The van der Waals surface area contributed by atoms with Gasteiger partial charge in [0, 0.05) is 0 Å². The monoisotopic (exact) mass is 222 g/mol. The van der Waals surface area contributed by atoms with Crippen LogP contribution in [0.15, 0.2) is 24.3 Å². The molecule has 0 radical (unpaired) electrons. The molecule has 0 spiro atoms. The number of aliphatic hydroxyl groups excluding tert-OH is 1. The summed E-state index contributed by atoms with van der Waals surface area (Å²) >= 11 is 0. The summed E-state index contributed by atoms with van der Waals surface area (Å²) in [5.41, 5.74) is 1.74. The van der Waals surface area contributed by atoms with Crippen LogP contribution in [0.25, 0.3) is 0 Å². The number of unbranched alkanes of at least 4 members (excludes halogenated alkanes) is 3. The molecule has 0 fully saturated rings. The Kier molecular flexibility index (Phi) is 5.27. The summed E-state index contributed by atoms with van der Waals surface area (Å²) < 4.78 is 0. The molecule has 16 heavy (non-hydrogen) atoms. The molecular weight excluding hydrogens is 196 g/mol. The first-order valence-electron chi connectivity index (χ1n) is 6.52. The van der Waals surface area contributed by atoms with Crippen LogP contribution in [0.2, 0.25) is 0 Å². The van der Waals surface area contributed by atoms with Crippen LogP contribution in [0, 0.1) is 5.41 Å². The molecule has 0 amide bonds. The Morgan fingerprint density at radius 3 is 2.81 bits per heavy atom. The van der Waals surface area contributed by atoms with E-state index in [-0.39, 0.29) is 11.5 Å². The van der Waals surface area contributed by atoms with Gasteiger partial charge in [0.15, 0.2) is 0 Å². The summed E-state index contributed by atoms with van der Waals surface area (Å²) in [6.45, 7) is 8.23. The largest absolute Gasteiger partial charge is 0.389 e. The maximum absolute atomic E-state index is 9.77. The van der Waals surface area contributed by atoms with E-state index in [0.717, 1.165) is 25.7 Å². The molecule has 0 saturated carbocycles. The van der Waals surface area contributed by atoms with Gasteiger partial charge in [-0.15, -0.1) is 6.58 Å². The molecule has 1 N–H and O–H groups in total. The van der Waals surface area contributed by atoms with E-state index >= 15 is 0 Å². The lowest BCUT2D eigenvalue weighted by Crippen LogP contribution is -2.24. The van der Waals surface area contributed by atoms with Gasteiger partial charge in [0.05, 0.1) is 6.10 Å². The summed E-state index contributed by atoms with van der Waals surface area (Å²) in [6, 6.07) is 0. The van der Waals surface area contributed by atoms with Gasteiger partial charge >= 0.3 is 0 Å². The minimum Gasteiger partial charge on any atom is -0.389 e. The predicted molar refractivity (Wildman–Crippen MR) is 70.4 cm³/mol. The first kappa shape index (κ1) is 13.5. The van der Waals surface area contributed by atoms with Gasteiger partial charge in [-0.2, -0.15) is 0 Å². The third-order valence-corrected chi connectivity index (χ3v) is 3.30. The van der Waals surface area contributed by atoms with Gasteiger partial charge in [0.1, 0.15) is 0 Å². The average molecular weight is 222 g/mol. The topological polar surface area (TPSA) is 20.2 Å². The zero-order valence-electron chi connectivity index (χ0n) is 10.8. The van der Waals surface area contributed by atoms with E-state index in [1.165, 1.54) is 24.8 Å².